The molecule has 5 N–H and O–H groups in total. The van der Waals surface area contributed by atoms with Crippen molar-refractivity contribution in [2.75, 3.05) is 26.4 Å². The summed E-state index contributed by atoms with van der Waals surface area (Å²) < 4.78 is 23.8. The number of ether oxygens (including phenoxy) is 4. The van der Waals surface area contributed by atoms with E-state index in [0.29, 0.717) is 43.4 Å². The molecule has 1 heterocycles. The Morgan fingerprint density at radius 2 is 1.71 bits per heavy atom. The van der Waals surface area contributed by atoms with E-state index in [-0.39, 0.29) is 13.2 Å². The normalized spacial score (nSPS) is 12.8. The summed E-state index contributed by atoms with van der Waals surface area (Å²) in [6.45, 7) is 3.53. The SMILES string of the molecule is Cc1c(COc2ccc(CNCC(CO)C(=O)O)c(OCc3cccc(C(N)=O)c3)c2)cccc1-c1ccc2c(c1)OCCO2. The van der Waals surface area contributed by atoms with Crippen LogP contribution < -0.4 is 30.0 Å². The van der Waals surface area contributed by atoms with Crippen LogP contribution in [0.3, 0.4) is 0 Å². The molecule has 1 aliphatic rings. The molecule has 4 aromatic carbocycles. The fraction of sp³-hybridized carbons (Fsp3) is 0.257. The Morgan fingerprint density at radius 1 is 0.911 bits per heavy atom. The van der Waals surface area contributed by atoms with Crippen LogP contribution >= 0.6 is 0 Å². The van der Waals surface area contributed by atoms with E-state index in [2.05, 4.69) is 18.3 Å². The lowest BCUT2D eigenvalue weighted by Crippen LogP contribution is -2.30. The largest absolute Gasteiger partial charge is 0.489 e. The topological polar surface area (TPSA) is 150 Å². The third kappa shape index (κ3) is 7.91. The molecule has 10 nitrogen and oxygen atoms in total. The molecule has 234 valence electrons. The maximum Gasteiger partial charge on any atom is 0.310 e. The number of carbonyl (C=O) groups excluding carboxylic acids is 1. The molecule has 0 bridgehead atoms. The van der Waals surface area contributed by atoms with Gasteiger partial charge >= 0.3 is 5.97 Å². The molecule has 0 spiro atoms. The molecule has 0 radical (unpaired) electrons. The minimum absolute atomic E-state index is 0.0865. The first-order valence-corrected chi connectivity index (χ1v) is 14.6. The average molecular weight is 613 g/mol. The number of amides is 1. The summed E-state index contributed by atoms with van der Waals surface area (Å²) in [7, 11) is 0. The molecule has 4 aromatic rings. The fourth-order valence-electron chi connectivity index (χ4n) is 5.02. The number of aliphatic hydroxyl groups is 1. The van der Waals surface area contributed by atoms with Gasteiger partial charge in [-0.15, -0.1) is 0 Å². The summed E-state index contributed by atoms with van der Waals surface area (Å²) in [4.78, 5) is 22.9. The number of primary amides is 1. The zero-order valence-electron chi connectivity index (χ0n) is 25.0. The first-order chi connectivity index (χ1) is 21.8. The Kier molecular flexibility index (Phi) is 10.2. The van der Waals surface area contributed by atoms with Crippen LogP contribution in [0.25, 0.3) is 11.1 Å². The van der Waals surface area contributed by atoms with Crippen LogP contribution in [0.2, 0.25) is 0 Å². The zero-order chi connectivity index (χ0) is 31.8. The molecule has 0 saturated carbocycles. The number of benzene rings is 4. The number of fused-ring (bicyclic) bond motifs is 1. The minimum Gasteiger partial charge on any atom is -0.489 e. The molecular weight excluding hydrogens is 576 g/mol. The third-order valence-electron chi connectivity index (χ3n) is 7.61. The van der Waals surface area contributed by atoms with E-state index in [4.69, 9.17) is 24.7 Å². The number of aliphatic hydroxyl groups excluding tert-OH is 1. The quantitative estimate of drug-likeness (QED) is 0.162. The molecule has 1 amide bonds. The molecule has 0 aromatic heterocycles. The first-order valence-electron chi connectivity index (χ1n) is 14.6. The molecule has 10 heteroatoms. The van der Waals surface area contributed by atoms with Crippen molar-refractivity contribution in [3.8, 4) is 34.1 Å². The molecule has 1 atom stereocenters. The van der Waals surface area contributed by atoms with E-state index in [1.54, 1.807) is 24.3 Å². The second-order valence-corrected chi connectivity index (χ2v) is 10.7. The second-order valence-electron chi connectivity index (χ2n) is 10.7. The number of nitrogens with one attached hydrogen (secondary N) is 1. The highest BCUT2D eigenvalue weighted by atomic mass is 16.6. The summed E-state index contributed by atoms with van der Waals surface area (Å²) >= 11 is 0. The van der Waals surface area contributed by atoms with Crippen molar-refractivity contribution in [3.05, 3.63) is 107 Å². The van der Waals surface area contributed by atoms with E-state index in [1.807, 2.05) is 48.5 Å². The van der Waals surface area contributed by atoms with Crippen molar-refractivity contribution in [1.82, 2.24) is 5.32 Å². The lowest BCUT2D eigenvalue weighted by atomic mass is 9.96. The van der Waals surface area contributed by atoms with Gasteiger partial charge in [-0.05, 0) is 65.1 Å². The highest BCUT2D eigenvalue weighted by molar-refractivity contribution is 5.92. The van der Waals surface area contributed by atoms with Crippen molar-refractivity contribution in [2.24, 2.45) is 11.7 Å². The summed E-state index contributed by atoms with van der Waals surface area (Å²) in [5.74, 6) is 0.0714. The molecule has 1 unspecified atom stereocenters. The number of nitrogens with two attached hydrogens (primary N) is 1. The molecular formula is C35H36N2O8. The smallest absolute Gasteiger partial charge is 0.310 e. The van der Waals surface area contributed by atoms with Gasteiger partial charge < -0.3 is 40.2 Å². The highest BCUT2D eigenvalue weighted by Crippen LogP contribution is 2.36. The number of carboxylic acid groups (broad SMARTS) is 1. The van der Waals surface area contributed by atoms with Crippen LogP contribution in [0.15, 0.2) is 78.9 Å². The maximum atomic E-state index is 11.6. The Bertz CT molecular complexity index is 1670. The van der Waals surface area contributed by atoms with Crippen LogP contribution in [0.1, 0.15) is 32.6 Å². The van der Waals surface area contributed by atoms with Crippen LogP contribution in [-0.2, 0) is 24.6 Å². The van der Waals surface area contributed by atoms with E-state index in [9.17, 15) is 19.8 Å². The van der Waals surface area contributed by atoms with Gasteiger partial charge in [-0.3, -0.25) is 9.59 Å². The van der Waals surface area contributed by atoms with Crippen LogP contribution in [-0.4, -0.2) is 48.5 Å². The molecule has 0 fully saturated rings. The second kappa shape index (κ2) is 14.6. The average Bonchev–Trinajstić information content (AvgIpc) is 3.05. The molecule has 5 rings (SSSR count). The number of hydrogen-bond donors (Lipinski definition) is 4. The molecule has 1 aliphatic heterocycles. The predicted octanol–water partition coefficient (Wildman–Crippen LogP) is 4.47. The maximum absolute atomic E-state index is 11.6. The number of carboxylic acids is 1. The predicted molar refractivity (Wildman–Crippen MR) is 168 cm³/mol. The number of aliphatic carboxylic acids is 1. The van der Waals surface area contributed by atoms with Crippen LogP contribution in [0, 0.1) is 12.8 Å². The van der Waals surface area contributed by atoms with E-state index >= 15 is 0 Å². The third-order valence-corrected chi connectivity index (χ3v) is 7.61. The molecule has 45 heavy (non-hydrogen) atoms. The fourth-order valence-corrected chi connectivity index (χ4v) is 5.02. The van der Waals surface area contributed by atoms with Crippen molar-refractivity contribution in [1.29, 1.82) is 0 Å². The zero-order valence-corrected chi connectivity index (χ0v) is 25.0. The molecule has 0 saturated heterocycles. The number of hydrogen-bond acceptors (Lipinski definition) is 8. The monoisotopic (exact) mass is 612 g/mol. The lowest BCUT2D eigenvalue weighted by molar-refractivity contribution is -0.142. The number of rotatable bonds is 14. The molecule has 0 aliphatic carbocycles. The standard InChI is InChI=1S/C35H36N2O8/c1-22-27(6-3-7-30(22)24-9-11-31-33(15-24)43-13-12-42-31)21-44-29-10-8-26(17-37-18-28(19-38)35(40)41)32(16-29)45-20-23-4-2-5-25(14-23)34(36)39/h2-11,14-16,28,37-38H,12-13,17-21H2,1H3,(H2,36,39)(H,40,41). The highest BCUT2D eigenvalue weighted by Gasteiger charge is 2.17. The van der Waals surface area contributed by atoms with Gasteiger partial charge in [0.25, 0.3) is 0 Å². The van der Waals surface area contributed by atoms with Crippen molar-refractivity contribution in [3.63, 3.8) is 0 Å². The Hall–Kier alpha value is -5.06. The van der Waals surface area contributed by atoms with Gasteiger partial charge in [-0.25, -0.2) is 0 Å². The lowest BCUT2D eigenvalue weighted by Gasteiger charge is -2.20. The van der Waals surface area contributed by atoms with Crippen LogP contribution in [0.4, 0.5) is 0 Å². The number of carbonyl (C=O) groups is 2. The van der Waals surface area contributed by atoms with Gasteiger partial charge in [0.05, 0.1) is 12.5 Å². The van der Waals surface area contributed by atoms with Gasteiger partial charge in [-0.1, -0.05) is 42.5 Å². The van der Waals surface area contributed by atoms with Gasteiger partial charge in [0.2, 0.25) is 5.91 Å². The Labute approximate surface area is 261 Å². The van der Waals surface area contributed by atoms with Crippen LogP contribution in [0.5, 0.6) is 23.0 Å². The Morgan fingerprint density at radius 3 is 2.49 bits per heavy atom. The van der Waals surface area contributed by atoms with E-state index in [0.717, 1.165) is 44.9 Å². The first kappa shape index (κ1) is 31.4. The summed E-state index contributed by atoms with van der Waals surface area (Å²) in [6.07, 6.45) is 0. The van der Waals surface area contributed by atoms with Gasteiger partial charge in [0, 0.05) is 30.3 Å². The van der Waals surface area contributed by atoms with Crippen molar-refractivity contribution >= 4 is 11.9 Å². The van der Waals surface area contributed by atoms with Gasteiger partial charge in [0.1, 0.15) is 37.9 Å². The van der Waals surface area contributed by atoms with Gasteiger partial charge in [0.15, 0.2) is 11.5 Å². The van der Waals surface area contributed by atoms with Crippen molar-refractivity contribution in [2.45, 2.75) is 26.7 Å². The summed E-state index contributed by atoms with van der Waals surface area (Å²) in [6, 6.07) is 24.4. The van der Waals surface area contributed by atoms with E-state index < -0.39 is 24.4 Å². The Balaban J connectivity index is 1.32. The summed E-state index contributed by atoms with van der Waals surface area (Å²) in [5, 5.41) is 21.7. The van der Waals surface area contributed by atoms with E-state index in [1.165, 1.54) is 0 Å². The minimum atomic E-state index is -1.08. The summed E-state index contributed by atoms with van der Waals surface area (Å²) in [5.41, 5.74) is 11.5. The van der Waals surface area contributed by atoms with Gasteiger partial charge in [-0.2, -0.15) is 0 Å². The van der Waals surface area contributed by atoms with Crippen molar-refractivity contribution < 1.29 is 38.7 Å².